The van der Waals surface area contributed by atoms with Crippen LogP contribution in [0.1, 0.15) is 19.8 Å². The van der Waals surface area contributed by atoms with E-state index in [1.54, 1.807) is 18.2 Å². The molecule has 1 aromatic carbocycles. The van der Waals surface area contributed by atoms with Crippen molar-refractivity contribution in [1.29, 1.82) is 0 Å². The molecule has 1 saturated heterocycles. The number of fused-ring (bicyclic) bond motifs is 1. The number of β-amino-alcohol motifs (C(OH)–C–C–N with tert-alkyl or cyclic N) is 1. The van der Waals surface area contributed by atoms with Crippen molar-refractivity contribution in [2.24, 2.45) is 0 Å². The van der Waals surface area contributed by atoms with Gasteiger partial charge >= 0.3 is 0 Å². The van der Waals surface area contributed by atoms with E-state index in [9.17, 15) is 13.5 Å². The number of hydrogen-bond donors (Lipinski definition) is 3. The van der Waals surface area contributed by atoms with Crippen LogP contribution in [-0.2, 0) is 10.0 Å². The Kier molecular flexibility index (Phi) is 3.23. The van der Waals surface area contributed by atoms with Crippen LogP contribution in [0.3, 0.4) is 0 Å². The molecule has 0 saturated carbocycles. The summed E-state index contributed by atoms with van der Waals surface area (Å²) >= 11 is 0. The van der Waals surface area contributed by atoms with Crippen LogP contribution in [0.25, 0.3) is 10.9 Å². The molecule has 0 bridgehead atoms. The molecule has 0 spiro atoms. The molecule has 4 N–H and O–H groups in total. The lowest BCUT2D eigenvalue weighted by Gasteiger charge is -2.45. The molecule has 0 atom stereocenters. The van der Waals surface area contributed by atoms with Gasteiger partial charge in [0.15, 0.2) is 0 Å². The smallest absolute Gasteiger partial charge is 0.245 e. The summed E-state index contributed by atoms with van der Waals surface area (Å²) in [7, 11) is -3.59. The number of anilines is 1. The predicted molar refractivity (Wildman–Crippen MR) is 81.3 cm³/mol. The lowest BCUT2D eigenvalue weighted by molar-refractivity contribution is -0.0653. The van der Waals surface area contributed by atoms with Crippen LogP contribution in [0.2, 0.25) is 0 Å². The number of rotatable bonds is 4. The first kappa shape index (κ1) is 14.4. The summed E-state index contributed by atoms with van der Waals surface area (Å²) < 4.78 is 26.6. The van der Waals surface area contributed by atoms with Gasteiger partial charge in [0.2, 0.25) is 10.0 Å². The lowest BCUT2D eigenvalue weighted by Crippen LogP contribution is -2.63. The van der Waals surface area contributed by atoms with E-state index in [-0.39, 0.29) is 18.0 Å². The number of nitrogen functional groups attached to an aromatic ring is 1. The van der Waals surface area contributed by atoms with Crippen molar-refractivity contribution in [3.05, 3.63) is 24.4 Å². The minimum Gasteiger partial charge on any atom is -0.399 e. The Morgan fingerprint density at radius 1 is 1.43 bits per heavy atom. The lowest BCUT2D eigenvalue weighted by atomic mass is 9.92. The number of aromatic nitrogens is 1. The predicted octanol–water partition coefficient (Wildman–Crippen LogP) is 1.29. The van der Waals surface area contributed by atoms with Crippen LogP contribution in [-0.4, -0.2) is 41.5 Å². The summed E-state index contributed by atoms with van der Waals surface area (Å²) in [5.41, 5.74) is 6.09. The van der Waals surface area contributed by atoms with Crippen LogP contribution >= 0.6 is 0 Å². The maximum absolute atomic E-state index is 12.6. The number of hydrogen-bond acceptors (Lipinski definition) is 4. The first-order chi connectivity index (χ1) is 9.86. The fourth-order valence-electron chi connectivity index (χ4n) is 2.87. The number of aromatic amines is 1. The number of benzene rings is 1. The molecule has 1 aliphatic rings. The van der Waals surface area contributed by atoms with E-state index >= 15 is 0 Å². The molecule has 3 rings (SSSR count). The van der Waals surface area contributed by atoms with Crippen molar-refractivity contribution in [2.75, 3.05) is 18.8 Å². The molecule has 1 fully saturated rings. The van der Waals surface area contributed by atoms with E-state index in [2.05, 4.69) is 4.98 Å². The summed E-state index contributed by atoms with van der Waals surface area (Å²) in [5, 5.41) is 10.8. The zero-order valence-electron chi connectivity index (χ0n) is 11.8. The maximum Gasteiger partial charge on any atom is 0.245 e. The summed E-state index contributed by atoms with van der Waals surface area (Å²) in [6.07, 6.45) is 2.93. The van der Waals surface area contributed by atoms with Crippen LogP contribution in [0.5, 0.6) is 0 Å². The first-order valence-electron chi connectivity index (χ1n) is 6.95. The van der Waals surface area contributed by atoms with E-state index in [0.29, 0.717) is 23.0 Å². The van der Waals surface area contributed by atoms with Crippen LogP contribution in [0.15, 0.2) is 29.3 Å². The maximum atomic E-state index is 12.6. The summed E-state index contributed by atoms with van der Waals surface area (Å²) in [4.78, 5) is 3.17. The third kappa shape index (κ3) is 2.31. The van der Waals surface area contributed by atoms with E-state index in [1.807, 2.05) is 6.92 Å². The number of sulfonamides is 1. The third-order valence-electron chi connectivity index (χ3n) is 3.94. The minimum absolute atomic E-state index is 0.158. The van der Waals surface area contributed by atoms with Gasteiger partial charge in [-0.1, -0.05) is 13.3 Å². The second kappa shape index (κ2) is 4.72. The van der Waals surface area contributed by atoms with E-state index in [0.717, 1.165) is 6.42 Å². The highest BCUT2D eigenvalue weighted by Crippen LogP contribution is 2.34. The molecule has 0 radical (unpaired) electrons. The Morgan fingerprint density at radius 3 is 2.81 bits per heavy atom. The van der Waals surface area contributed by atoms with Gasteiger partial charge in [0, 0.05) is 35.9 Å². The molecule has 2 heterocycles. The number of aliphatic hydroxyl groups is 1. The Hall–Kier alpha value is -1.57. The summed E-state index contributed by atoms with van der Waals surface area (Å²) in [5.74, 6) is 0. The van der Waals surface area contributed by atoms with Crippen LogP contribution < -0.4 is 5.73 Å². The van der Waals surface area contributed by atoms with Crippen molar-refractivity contribution < 1.29 is 13.5 Å². The van der Waals surface area contributed by atoms with Gasteiger partial charge in [-0.3, -0.25) is 0 Å². The van der Waals surface area contributed by atoms with Gasteiger partial charge < -0.3 is 15.8 Å². The van der Waals surface area contributed by atoms with E-state index in [4.69, 9.17) is 5.73 Å². The zero-order valence-corrected chi connectivity index (χ0v) is 12.7. The average molecular weight is 309 g/mol. The van der Waals surface area contributed by atoms with Gasteiger partial charge in [-0.2, -0.15) is 4.31 Å². The molecule has 0 amide bonds. The number of nitrogens with two attached hydrogens (primary N) is 1. The topological polar surface area (TPSA) is 99.4 Å². The second-order valence-electron chi connectivity index (χ2n) is 5.71. The molecule has 6 nitrogen and oxygen atoms in total. The van der Waals surface area contributed by atoms with E-state index in [1.165, 1.54) is 10.5 Å². The highest BCUT2D eigenvalue weighted by atomic mass is 32.2. The highest BCUT2D eigenvalue weighted by Gasteiger charge is 2.47. The van der Waals surface area contributed by atoms with Crippen LogP contribution in [0, 0.1) is 0 Å². The molecule has 2 aromatic rings. The standard InChI is InChI=1S/C14H19N3O3S/c1-2-5-14(18)8-17(9-14)21(19,20)13-7-16-12-6-10(15)3-4-11(12)13/h3-4,6-7,16,18H,2,5,8-9,15H2,1H3. The summed E-state index contributed by atoms with van der Waals surface area (Å²) in [6.45, 7) is 2.29. The fourth-order valence-corrected chi connectivity index (χ4v) is 4.64. The Bertz CT molecular complexity index is 776. The average Bonchev–Trinajstić information content (AvgIpc) is 2.79. The van der Waals surface area contributed by atoms with Gasteiger partial charge in [0.25, 0.3) is 0 Å². The second-order valence-corrected chi connectivity index (χ2v) is 7.61. The zero-order chi connectivity index (χ0) is 15.3. The third-order valence-corrected chi connectivity index (χ3v) is 5.77. The van der Waals surface area contributed by atoms with Gasteiger partial charge in [-0.25, -0.2) is 8.42 Å². The molecule has 0 unspecified atom stereocenters. The van der Waals surface area contributed by atoms with Crippen molar-refractivity contribution in [3.63, 3.8) is 0 Å². The number of H-pyrrole nitrogens is 1. The molecule has 0 aliphatic carbocycles. The Labute approximate surface area is 123 Å². The van der Waals surface area contributed by atoms with Crippen LogP contribution in [0.4, 0.5) is 5.69 Å². The van der Waals surface area contributed by atoms with Gasteiger partial charge in [-0.15, -0.1) is 0 Å². The number of nitrogens with one attached hydrogen (secondary N) is 1. The number of nitrogens with zero attached hydrogens (tertiary/aromatic N) is 1. The largest absolute Gasteiger partial charge is 0.399 e. The fraction of sp³-hybridized carbons (Fsp3) is 0.429. The Balaban J connectivity index is 1.92. The Morgan fingerprint density at radius 2 is 2.14 bits per heavy atom. The molecule has 1 aromatic heterocycles. The van der Waals surface area contributed by atoms with Crippen molar-refractivity contribution in [3.8, 4) is 0 Å². The molecular weight excluding hydrogens is 290 g/mol. The van der Waals surface area contributed by atoms with Gasteiger partial charge in [-0.05, 0) is 24.6 Å². The van der Waals surface area contributed by atoms with Gasteiger partial charge in [0.05, 0.1) is 5.60 Å². The highest BCUT2D eigenvalue weighted by molar-refractivity contribution is 7.89. The molecule has 1 aliphatic heterocycles. The monoisotopic (exact) mass is 309 g/mol. The molecule has 7 heteroatoms. The summed E-state index contributed by atoms with van der Waals surface area (Å²) in [6, 6.07) is 5.09. The van der Waals surface area contributed by atoms with Crippen molar-refractivity contribution >= 4 is 26.6 Å². The first-order valence-corrected chi connectivity index (χ1v) is 8.39. The molecular formula is C14H19N3O3S. The molecule has 21 heavy (non-hydrogen) atoms. The van der Waals surface area contributed by atoms with Crippen molar-refractivity contribution in [1.82, 2.24) is 9.29 Å². The van der Waals surface area contributed by atoms with Crippen molar-refractivity contribution in [2.45, 2.75) is 30.3 Å². The quantitative estimate of drug-likeness (QED) is 0.741. The van der Waals surface area contributed by atoms with Gasteiger partial charge in [0.1, 0.15) is 4.90 Å². The SMILES string of the molecule is CCCC1(O)CN(S(=O)(=O)c2c[nH]c3cc(N)ccc23)C1. The molecule has 114 valence electrons. The normalized spacial score (nSPS) is 18.8. The minimum atomic E-state index is -3.59. The van der Waals surface area contributed by atoms with E-state index < -0.39 is 15.6 Å².